The molecule has 0 radical (unpaired) electrons. The molecule has 0 N–H and O–H groups in total. The van der Waals surface area contributed by atoms with Crippen LogP contribution in [0.15, 0.2) is 68.5 Å². The van der Waals surface area contributed by atoms with E-state index in [-0.39, 0.29) is 6.17 Å². The normalized spacial score (nSPS) is 18.6. The second-order valence-corrected chi connectivity index (χ2v) is 4.25. The summed E-state index contributed by atoms with van der Waals surface area (Å²) in [4.78, 5) is 0. The van der Waals surface area contributed by atoms with Crippen molar-refractivity contribution in [3.05, 3.63) is 60.1 Å². The molecule has 1 aliphatic rings. The third-order valence-corrected chi connectivity index (χ3v) is 2.90. The van der Waals surface area contributed by atoms with Gasteiger partial charge in [0.2, 0.25) is 5.11 Å². The summed E-state index contributed by atoms with van der Waals surface area (Å²) in [5.41, 5.74) is 0.989. The molecule has 3 rings (SSSR count). The topological polar surface area (TPSA) is 53.5 Å². The molecule has 0 amide bonds. The molecule has 19 heavy (non-hydrogen) atoms. The summed E-state index contributed by atoms with van der Waals surface area (Å²) in [6.07, 6.45) is 2.88. The van der Waals surface area contributed by atoms with E-state index in [4.69, 9.17) is 16.6 Å². The first-order chi connectivity index (χ1) is 9.34. The molecular formula is C13H10N4OS. The van der Waals surface area contributed by atoms with Crippen LogP contribution in [0.3, 0.4) is 0 Å². The zero-order valence-electron chi connectivity index (χ0n) is 9.88. The fourth-order valence-corrected chi connectivity index (χ4v) is 1.93. The molecule has 0 saturated carbocycles. The number of benzene rings is 1. The summed E-state index contributed by atoms with van der Waals surface area (Å²) in [5, 5.41) is 14.3. The van der Waals surface area contributed by atoms with Gasteiger partial charge >= 0.3 is 0 Å². The van der Waals surface area contributed by atoms with Crippen molar-refractivity contribution >= 4 is 23.5 Å². The Balaban J connectivity index is 1.85. The average Bonchev–Trinajstić information content (AvgIpc) is 3.07. The van der Waals surface area contributed by atoms with Gasteiger partial charge in [-0.2, -0.15) is 10.2 Å². The Morgan fingerprint density at radius 2 is 2.05 bits per heavy atom. The van der Waals surface area contributed by atoms with Crippen molar-refractivity contribution in [1.82, 2.24) is 5.01 Å². The van der Waals surface area contributed by atoms with E-state index in [9.17, 15) is 0 Å². The molecule has 0 aliphatic carbocycles. The van der Waals surface area contributed by atoms with Crippen molar-refractivity contribution in [3.8, 4) is 0 Å². The predicted molar refractivity (Wildman–Crippen MR) is 74.8 cm³/mol. The van der Waals surface area contributed by atoms with Crippen molar-refractivity contribution in [3.63, 3.8) is 0 Å². The van der Waals surface area contributed by atoms with Crippen LogP contribution < -0.4 is 0 Å². The first-order valence-corrected chi connectivity index (χ1v) is 6.12. The highest BCUT2D eigenvalue weighted by Crippen LogP contribution is 2.28. The van der Waals surface area contributed by atoms with Crippen LogP contribution in [0.25, 0.3) is 0 Å². The van der Waals surface area contributed by atoms with Crippen molar-refractivity contribution < 1.29 is 4.42 Å². The minimum atomic E-state index is -0.306. The van der Waals surface area contributed by atoms with Crippen LogP contribution in [0.2, 0.25) is 0 Å². The van der Waals surface area contributed by atoms with Gasteiger partial charge in [0.25, 0.3) is 0 Å². The summed E-state index contributed by atoms with van der Waals surface area (Å²) in [6.45, 7) is 0. The lowest BCUT2D eigenvalue weighted by Gasteiger charge is -2.17. The number of furan rings is 1. The van der Waals surface area contributed by atoms with E-state index >= 15 is 0 Å². The van der Waals surface area contributed by atoms with E-state index in [0.717, 1.165) is 5.56 Å². The Labute approximate surface area is 115 Å². The fourth-order valence-electron chi connectivity index (χ4n) is 1.73. The van der Waals surface area contributed by atoms with E-state index in [0.29, 0.717) is 10.9 Å². The van der Waals surface area contributed by atoms with Gasteiger partial charge in [0.1, 0.15) is 5.76 Å². The standard InChI is InChI=1S/C13H10N4OS/c19-13-16-15-12(10-5-2-1-3-6-10)17(13)14-9-11-7-4-8-18-11/h1-9,12H. The Morgan fingerprint density at radius 1 is 1.21 bits per heavy atom. The van der Waals surface area contributed by atoms with Crippen LogP contribution in [0.1, 0.15) is 17.5 Å². The van der Waals surface area contributed by atoms with E-state index in [1.165, 1.54) is 0 Å². The second kappa shape index (κ2) is 5.11. The number of azo groups is 1. The highest BCUT2D eigenvalue weighted by atomic mass is 32.1. The first kappa shape index (κ1) is 11.7. The molecule has 0 saturated heterocycles. The molecule has 2 aromatic rings. The maximum Gasteiger partial charge on any atom is 0.238 e. The zero-order valence-corrected chi connectivity index (χ0v) is 10.7. The summed E-state index contributed by atoms with van der Waals surface area (Å²) in [5.74, 6) is 0.654. The van der Waals surface area contributed by atoms with E-state index in [2.05, 4.69) is 15.3 Å². The Bertz CT molecular complexity index is 621. The minimum Gasteiger partial charge on any atom is -0.463 e. The van der Waals surface area contributed by atoms with Crippen molar-refractivity contribution in [2.45, 2.75) is 6.17 Å². The van der Waals surface area contributed by atoms with Crippen LogP contribution in [0.4, 0.5) is 0 Å². The van der Waals surface area contributed by atoms with Gasteiger partial charge in [0, 0.05) is 5.56 Å². The van der Waals surface area contributed by atoms with Crippen LogP contribution >= 0.6 is 12.2 Å². The molecule has 1 aromatic heterocycles. The van der Waals surface area contributed by atoms with E-state index in [1.54, 1.807) is 23.6 Å². The number of hydrogen-bond donors (Lipinski definition) is 0. The van der Waals surface area contributed by atoms with Gasteiger partial charge in [-0.3, -0.25) is 0 Å². The Kier molecular flexibility index (Phi) is 3.16. The highest BCUT2D eigenvalue weighted by molar-refractivity contribution is 7.80. The molecule has 0 fully saturated rings. The average molecular weight is 270 g/mol. The van der Waals surface area contributed by atoms with Gasteiger partial charge in [-0.1, -0.05) is 30.3 Å². The number of thiocarbonyl (C=S) groups is 1. The lowest BCUT2D eigenvalue weighted by atomic mass is 10.2. The molecule has 1 atom stereocenters. The minimum absolute atomic E-state index is 0.306. The molecule has 1 aliphatic heterocycles. The maximum absolute atomic E-state index is 5.19. The van der Waals surface area contributed by atoms with Gasteiger partial charge in [0.15, 0.2) is 6.17 Å². The zero-order chi connectivity index (χ0) is 13.1. The maximum atomic E-state index is 5.19. The van der Waals surface area contributed by atoms with Crippen LogP contribution in [0, 0.1) is 0 Å². The van der Waals surface area contributed by atoms with Gasteiger partial charge < -0.3 is 4.42 Å². The van der Waals surface area contributed by atoms with Crippen molar-refractivity contribution in [2.24, 2.45) is 15.3 Å². The second-order valence-electron chi connectivity index (χ2n) is 3.89. The third kappa shape index (κ3) is 2.43. The summed E-state index contributed by atoms with van der Waals surface area (Å²) < 4.78 is 5.19. The van der Waals surface area contributed by atoms with Crippen LogP contribution in [0.5, 0.6) is 0 Å². The van der Waals surface area contributed by atoms with E-state index < -0.39 is 0 Å². The summed E-state index contributed by atoms with van der Waals surface area (Å²) >= 11 is 5.13. The molecule has 0 bridgehead atoms. The van der Waals surface area contributed by atoms with Gasteiger partial charge in [-0.25, -0.2) is 5.01 Å². The molecular weight excluding hydrogens is 260 g/mol. The molecule has 2 heterocycles. The predicted octanol–water partition coefficient (Wildman–Crippen LogP) is 3.37. The van der Waals surface area contributed by atoms with Crippen molar-refractivity contribution in [1.29, 1.82) is 0 Å². The smallest absolute Gasteiger partial charge is 0.238 e. The third-order valence-electron chi connectivity index (χ3n) is 2.63. The molecule has 6 heteroatoms. The monoisotopic (exact) mass is 270 g/mol. The first-order valence-electron chi connectivity index (χ1n) is 5.71. The lowest BCUT2D eigenvalue weighted by molar-refractivity contribution is 0.366. The van der Waals surface area contributed by atoms with Gasteiger partial charge in [-0.05, 0) is 24.4 Å². The molecule has 1 aromatic carbocycles. The number of hydrazone groups is 1. The highest BCUT2D eigenvalue weighted by Gasteiger charge is 2.27. The SMILES string of the molecule is S=C1N=NC(c2ccccc2)N1N=Cc1ccco1. The number of rotatable bonds is 3. The quantitative estimate of drug-likeness (QED) is 0.634. The fraction of sp³-hybridized carbons (Fsp3) is 0.0769. The van der Waals surface area contributed by atoms with E-state index in [1.807, 2.05) is 36.4 Å². The van der Waals surface area contributed by atoms with Crippen LogP contribution in [-0.2, 0) is 0 Å². The molecule has 0 spiro atoms. The Morgan fingerprint density at radius 3 is 2.79 bits per heavy atom. The molecule has 94 valence electrons. The van der Waals surface area contributed by atoms with Gasteiger partial charge in [-0.15, -0.1) is 5.11 Å². The number of hydrogen-bond acceptors (Lipinski definition) is 4. The lowest BCUT2D eigenvalue weighted by Crippen LogP contribution is -2.21. The Hall–Kier alpha value is -2.34. The van der Waals surface area contributed by atoms with Crippen LogP contribution in [-0.4, -0.2) is 16.3 Å². The van der Waals surface area contributed by atoms with Gasteiger partial charge in [0.05, 0.1) is 12.5 Å². The number of nitrogens with zero attached hydrogens (tertiary/aromatic N) is 4. The largest absolute Gasteiger partial charge is 0.463 e. The van der Waals surface area contributed by atoms with Crippen molar-refractivity contribution in [2.75, 3.05) is 0 Å². The molecule has 1 unspecified atom stereocenters. The summed E-state index contributed by atoms with van der Waals surface area (Å²) in [7, 11) is 0. The molecule has 5 nitrogen and oxygen atoms in total. The summed E-state index contributed by atoms with van der Waals surface area (Å²) in [6, 6.07) is 13.4.